The SMILES string of the molecule is CC1CCN(c2nc3c(c(=O)[nH]2)CCN(C(=O)c2cnccn2)C3)CC1. The van der Waals surface area contributed by atoms with Crippen molar-refractivity contribution in [3.8, 4) is 0 Å². The Hall–Kier alpha value is -2.77. The molecule has 0 unspecified atom stereocenters. The lowest BCUT2D eigenvalue weighted by Gasteiger charge is -2.32. The van der Waals surface area contributed by atoms with Gasteiger partial charge in [-0.2, -0.15) is 0 Å². The number of anilines is 1. The summed E-state index contributed by atoms with van der Waals surface area (Å²) in [6.07, 6.45) is 7.19. The molecule has 1 saturated heterocycles. The van der Waals surface area contributed by atoms with Crippen LogP contribution in [-0.2, 0) is 13.0 Å². The fraction of sp³-hybridized carbons (Fsp3) is 0.500. The van der Waals surface area contributed by atoms with Gasteiger partial charge >= 0.3 is 0 Å². The number of carbonyl (C=O) groups excluding carboxylic acids is 1. The van der Waals surface area contributed by atoms with Crippen molar-refractivity contribution in [3.63, 3.8) is 0 Å². The van der Waals surface area contributed by atoms with E-state index >= 15 is 0 Å². The Morgan fingerprint density at radius 2 is 2.04 bits per heavy atom. The Kier molecular flexibility index (Phi) is 4.40. The van der Waals surface area contributed by atoms with Crippen LogP contribution in [0, 0.1) is 5.92 Å². The average Bonchev–Trinajstić information content (AvgIpc) is 2.68. The molecule has 8 heteroatoms. The van der Waals surface area contributed by atoms with E-state index in [-0.39, 0.29) is 11.5 Å². The van der Waals surface area contributed by atoms with Gasteiger partial charge in [-0.25, -0.2) is 9.97 Å². The Bertz CT molecular complexity index is 858. The van der Waals surface area contributed by atoms with Crippen molar-refractivity contribution < 1.29 is 4.79 Å². The minimum atomic E-state index is -0.181. The molecule has 0 spiro atoms. The largest absolute Gasteiger partial charge is 0.342 e. The maximum Gasteiger partial charge on any atom is 0.274 e. The van der Waals surface area contributed by atoms with E-state index in [1.165, 1.54) is 18.6 Å². The molecule has 4 heterocycles. The molecule has 2 aromatic heterocycles. The molecule has 0 aliphatic carbocycles. The van der Waals surface area contributed by atoms with Crippen LogP contribution in [0.15, 0.2) is 23.4 Å². The fourth-order valence-corrected chi connectivity index (χ4v) is 3.54. The highest BCUT2D eigenvalue weighted by molar-refractivity contribution is 5.92. The van der Waals surface area contributed by atoms with Gasteiger partial charge in [-0.05, 0) is 25.2 Å². The normalized spacial score (nSPS) is 17.9. The molecule has 2 aliphatic heterocycles. The standard InChI is InChI=1S/C18H22N6O2/c1-12-2-7-23(8-3-12)18-21-15-11-24(9-4-13(15)16(25)22-18)17(26)14-10-19-5-6-20-14/h5-6,10,12H,2-4,7-9,11H2,1H3,(H,21,22,25). The van der Waals surface area contributed by atoms with Gasteiger partial charge in [-0.15, -0.1) is 0 Å². The van der Waals surface area contributed by atoms with E-state index in [4.69, 9.17) is 0 Å². The van der Waals surface area contributed by atoms with Gasteiger partial charge in [0.2, 0.25) is 5.95 Å². The smallest absolute Gasteiger partial charge is 0.274 e. The van der Waals surface area contributed by atoms with Crippen LogP contribution in [0.1, 0.15) is 41.5 Å². The summed E-state index contributed by atoms with van der Waals surface area (Å²) in [5, 5.41) is 0. The van der Waals surface area contributed by atoms with Crippen LogP contribution in [0.2, 0.25) is 0 Å². The highest BCUT2D eigenvalue weighted by Crippen LogP contribution is 2.22. The first kappa shape index (κ1) is 16.7. The summed E-state index contributed by atoms with van der Waals surface area (Å²) in [7, 11) is 0. The molecule has 136 valence electrons. The fourth-order valence-electron chi connectivity index (χ4n) is 3.54. The topological polar surface area (TPSA) is 95.1 Å². The highest BCUT2D eigenvalue weighted by atomic mass is 16.2. The van der Waals surface area contributed by atoms with Gasteiger partial charge in [0.1, 0.15) is 5.69 Å². The first-order valence-corrected chi connectivity index (χ1v) is 9.04. The number of H-pyrrole nitrogens is 1. The van der Waals surface area contributed by atoms with Crippen LogP contribution in [0.4, 0.5) is 5.95 Å². The molecule has 1 fully saturated rings. The zero-order valence-electron chi connectivity index (χ0n) is 14.8. The van der Waals surface area contributed by atoms with Gasteiger partial charge in [-0.3, -0.25) is 19.6 Å². The number of aromatic amines is 1. The van der Waals surface area contributed by atoms with Crippen LogP contribution in [0.25, 0.3) is 0 Å². The molecule has 2 aliphatic rings. The van der Waals surface area contributed by atoms with Crippen LogP contribution < -0.4 is 10.5 Å². The minimum absolute atomic E-state index is 0.0878. The monoisotopic (exact) mass is 354 g/mol. The molecule has 1 amide bonds. The van der Waals surface area contributed by atoms with Crippen molar-refractivity contribution in [2.24, 2.45) is 5.92 Å². The second-order valence-electron chi connectivity index (χ2n) is 7.05. The van der Waals surface area contributed by atoms with Crippen molar-refractivity contribution >= 4 is 11.9 Å². The van der Waals surface area contributed by atoms with E-state index in [1.807, 2.05) is 0 Å². The lowest BCUT2D eigenvalue weighted by molar-refractivity contribution is 0.0725. The molecule has 2 aromatic rings. The van der Waals surface area contributed by atoms with E-state index in [1.54, 1.807) is 4.90 Å². The number of carbonyl (C=O) groups is 1. The number of nitrogens with one attached hydrogen (secondary N) is 1. The van der Waals surface area contributed by atoms with Crippen molar-refractivity contribution in [2.45, 2.75) is 32.7 Å². The molecule has 0 bridgehead atoms. The quantitative estimate of drug-likeness (QED) is 0.864. The number of rotatable bonds is 2. The van der Waals surface area contributed by atoms with Gasteiger partial charge in [0.15, 0.2) is 0 Å². The number of aromatic nitrogens is 4. The number of amides is 1. The molecule has 8 nitrogen and oxygen atoms in total. The molecule has 26 heavy (non-hydrogen) atoms. The third-order valence-electron chi connectivity index (χ3n) is 5.21. The summed E-state index contributed by atoms with van der Waals surface area (Å²) in [6, 6.07) is 0. The molecule has 0 radical (unpaired) electrons. The number of fused-ring (bicyclic) bond motifs is 1. The van der Waals surface area contributed by atoms with Gasteiger partial charge < -0.3 is 9.80 Å². The van der Waals surface area contributed by atoms with E-state index in [2.05, 4.69) is 31.8 Å². The third kappa shape index (κ3) is 3.18. The van der Waals surface area contributed by atoms with Gasteiger partial charge in [0.05, 0.1) is 18.4 Å². The van der Waals surface area contributed by atoms with Crippen molar-refractivity contribution in [1.29, 1.82) is 0 Å². The first-order valence-electron chi connectivity index (χ1n) is 9.04. The summed E-state index contributed by atoms with van der Waals surface area (Å²) in [5.41, 5.74) is 1.59. The summed E-state index contributed by atoms with van der Waals surface area (Å²) < 4.78 is 0. The van der Waals surface area contributed by atoms with Crippen LogP contribution in [0.5, 0.6) is 0 Å². The molecular weight excluding hydrogens is 332 g/mol. The Morgan fingerprint density at radius 3 is 2.77 bits per heavy atom. The van der Waals surface area contributed by atoms with Crippen LogP contribution >= 0.6 is 0 Å². The number of nitrogens with zero attached hydrogens (tertiary/aromatic N) is 5. The van der Waals surface area contributed by atoms with Crippen LogP contribution in [-0.4, -0.2) is 50.4 Å². The predicted molar refractivity (Wildman–Crippen MR) is 95.9 cm³/mol. The van der Waals surface area contributed by atoms with Crippen LogP contribution in [0.3, 0.4) is 0 Å². The zero-order chi connectivity index (χ0) is 18.1. The van der Waals surface area contributed by atoms with E-state index in [0.717, 1.165) is 25.9 Å². The second-order valence-corrected chi connectivity index (χ2v) is 7.05. The first-order chi connectivity index (χ1) is 12.6. The number of hydrogen-bond donors (Lipinski definition) is 1. The maximum atomic E-state index is 12.6. The lowest BCUT2D eigenvalue weighted by Crippen LogP contribution is -2.41. The van der Waals surface area contributed by atoms with Crippen molar-refractivity contribution in [3.05, 3.63) is 45.9 Å². The third-order valence-corrected chi connectivity index (χ3v) is 5.21. The van der Waals surface area contributed by atoms with E-state index in [9.17, 15) is 9.59 Å². The average molecular weight is 354 g/mol. The highest BCUT2D eigenvalue weighted by Gasteiger charge is 2.27. The second kappa shape index (κ2) is 6.86. The lowest BCUT2D eigenvalue weighted by atomic mass is 9.99. The minimum Gasteiger partial charge on any atom is -0.342 e. The van der Waals surface area contributed by atoms with Crippen molar-refractivity contribution in [2.75, 3.05) is 24.5 Å². The van der Waals surface area contributed by atoms with Gasteiger partial charge in [-0.1, -0.05) is 6.92 Å². The molecule has 0 atom stereocenters. The Morgan fingerprint density at radius 1 is 1.23 bits per heavy atom. The predicted octanol–water partition coefficient (Wildman–Crippen LogP) is 0.995. The number of piperidine rings is 1. The molecular formula is C18H22N6O2. The van der Waals surface area contributed by atoms with E-state index in [0.29, 0.717) is 48.3 Å². The van der Waals surface area contributed by atoms with E-state index < -0.39 is 0 Å². The number of hydrogen-bond acceptors (Lipinski definition) is 6. The van der Waals surface area contributed by atoms with Gasteiger partial charge in [0, 0.05) is 37.6 Å². The molecule has 0 aromatic carbocycles. The Labute approximate surface area is 151 Å². The molecule has 1 N–H and O–H groups in total. The zero-order valence-corrected chi connectivity index (χ0v) is 14.8. The van der Waals surface area contributed by atoms with Gasteiger partial charge in [0.25, 0.3) is 11.5 Å². The summed E-state index contributed by atoms with van der Waals surface area (Å²) >= 11 is 0. The molecule has 0 saturated carbocycles. The summed E-state index contributed by atoms with van der Waals surface area (Å²) in [5.74, 6) is 1.14. The summed E-state index contributed by atoms with van der Waals surface area (Å²) in [6.45, 7) is 4.84. The summed E-state index contributed by atoms with van der Waals surface area (Å²) in [4.78, 5) is 44.6. The Balaban J connectivity index is 1.58. The van der Waals surface area contributed by atoms with Crippen molar-refractivity contribution in [1.82, 2.24) is 24.8 Å². The molecule has 4 rings (SSSR count). The maximum absolute atomic E-state index is 12.6.